The third-order valence-corrected chi connectivity index (χ3v) is 3.15. The van der Waals surface area contributed by atoms with Gasteiger partial charge in [0.05, 0.1) is 12.5 Å². The first-order valence-corrected chi connectivity index (χ1v) is 6.06. The van der Waals surface area contributed by atoms with Crippen molar-refractivity contribution in [3.8, 4) is 0 Å². The third-order valence-electron chi connectivity index (χ3n) is 3.15. The number of likely N-dealkylation sites (tertiary alicyclic amines) is 1. The smallest absolute Gasteiger partial charge is 0.381 e. The van der Waals surface area contributed by atoms with E-state index in [0.717, 1.165) is 6.42 Å². The Morgan fingerprint density at radius 1 is 1.35 bits per heavy atom. The van der Waals surface area contributed by atoms with Gasteiger partial charge in [-0.2, -0.15) is 13.2 Å². The molecule has 6 heteroatoms. The molecule has 2 N–H and O–H groups in total. The molecule has 0 bridgehead atoms. The van der Waals surface area contributed by atoms with E-state index in [1.165, 1.54) is 0 Å². The van der Waals surface area contributed by atoms with Crippen LogP contribution in [0.15, 0.2) is 0 Å². The fourth-order valence-electron chi connectivity index (χ4n) is 2.27. The van der Waals surface area contributed by atoms with Gasteiger partial charge < -0.3 is 15.4 Å². The van der Waals surface area contributed by atoms with Crippen LogP contribution in [0.3, 0.4) is 0 Å². The van der Waals surface area contributed by atoms with Crippen LogP contribution in [-0.2, 0) is 4.74 Å². The third kappa shape index (κ3) is 4.44. The number of halogens is 3. The summed E-state index contributed by atoms with van der Waals surface area (Å²) in [5.74, 6) is -1.69. The summed E-state index contributed by atoms with van der Waals surface area (Å²) in [6, 6.07) is 0. The molecule has 0 amide bonds. The van der Waals surface area contributed by atoms with Crippen molar-refractivity contribution in [2.75, 3.05) is 39.4 Å². The minimum atomic E-state index is -4.13. The second-order valence-electron chi connectivity index (χ2n) is 4.47. The summed E-state index contributed by atoms with van der Waals surface area (Å²) >= 11 is 0. The number of nitrogens with zero attached hydrogens (tertiary/aromatic N) is 1. The first-order chi connectivity index (χ1) is 7.99. The van der Waals surface area contributed by atoms with Crippen LogP contribution >= 0.6 is 0 Å². The summed E-state index contributed by atoms with van der Waals surface area (Å²) in [6.07, 6.45) is -3.38. The fraction of sp³-hybridized carbons (Fsp3) is 1.00. The van der Waals surface area contributed by atoms with E-state index < -0.39 is 18.0 Å². The number of nitrogens with two attached hydrogens (primary N) is 1. The first kappa shape index (κ1) is 14.7. The summed E-state index contributed by atoms with van der Waals surface area (Å²) in [4.78, 5) is 1.84. The molecule has 0 spiro atoms. The Labute approximate surface area is 100 Å². The molecule has 0 aromatic rings. The lowest BCUT2D eigenvalue weighted by Gasteiger charge is -2.20. The van der Waals surface area contributed by atoms with Crippen molar-refractivity contribution in [2.45, 2.75) is 19.5 Å². The molecule has 0 unspecified atom stereocenters. The molecule has 17 heavy (non-hydrogen) atoms. The zero-order chi connectivity index (χ0) is 12.9. The molecule has 0 aromatic carbocycles. The Bertz CT molecular complexity index is 223. The van der Waals surface area contributed by atoms with Crippen LogP contribution in [-0.4, -0.2) is 50.5 Å². The minimum Gasteiger partial charge on any atom is -0.381 e. The van der Waals surface area contributed by atoms with Crippen LogP contribution in [0.25, 0.3) is 0 Å². The molecule has 3 nitrogen and oxygen atoms in total. The largest absolute Gasteiger partial charge is 0.393 e. The van der Waals surface area contributed by atoms with Crippen LogP contribution in [0.5, 0.6) is 0 Å². The van der Waals surface area contributed by atoms with E-state index in [1.807, 2.05) is 4.90 Å². The van der Waals surface area contributed by atoms with Gasteiger partial charge in [0.1, 0.15) is 0 Å². The standard InChI is InChI=1S/C11H21F3N2O/c1-2-17-8-9-6-16(5-3-4-15)7-10(9)11(12,13)14/h9-10H,2-8,15H2,1H3/t9-,10+/m1/s1. The number of hydrogen-bond donors (Lipinski definition) is 1. The van der Waals surface area contributed by atoms with E-state index in [1.54, 1.807) is 6.92 Å². The predicted molar refractivity (Wildman–Crippen MR) is 59.6 cm³/mol. The Balaban J connectivity index is 2.53. The van der Waals surface area contributed by atoms with Gasteiger partial charge >= 0.3 is 6.18 Å². The van der Waals surface area contributed by atoms with Crippen LogP contribution in [0.2, 0.25) is 0 Å². The van der Waals surface area contributed by atoms with Gasteiger partial charge in [0.2, 0.25) is 0 Å². The molecule has 0 aliphatic carbocycles. The molecular formula is C11H21F3N2O. The quantitative estimate of drug-likeness (QED) is 0.780. The van der Waals surface area contributed by atoms with Gasteiger partial charge in [-0.3, -0.25) is 0 Å². The molecule has 0 aromatic heterocycles. The highest BCUT2D eigenvalue weighted by Crippen LogP contribution is 2.37. The van der Waals surface area contributed by atoms with Gasteiger partial charge in [-0.15, -0.1) is 0 Å². The van der Waals surface area contributed by atoms with Crippen molar-refractivity contribution in [1.82, 2.24) is 4.90 Å². The molecule has 1 aliphatic rings. The molecule has 102 valence electrons. The van der Waals surface area contributed by atoms with Crippen LogP contribution in [0.1, 0.15) is 13.3 Å². The average molecular weight is 254 g/mol. The second kappa shape index (κ2) is 6.56. The van der Waals surface area contributed by atoms with Crippen LogP contribution in [0.4, 0.5) is 13.2 Å². The zero-order valence-electron chi connectivity index (χ0n) is 10.2. The number of hydrogen-bond acceptors (Lipinski definition) is 3. The number of rotatable bonds is 6. The Morgan fingerprint density at radius 2 is 2.06 bits per heavy atom. The summed E-state index contributed by atoms with van der Waals surface area (Å²) < 4.78 is 43.6. The number of alkyl halides is 3. The minimum absolute atomic E-state index is 0.0846. The van der Waals surface area contributed by atoms with E-state index in [0.29, 0.717) is 26.2 Å². The zero-order valence-corrected chi connectivity index (χ0v) is 10.2. The van der Waals surface area contributed by atoms with Gasteiger partial charge in [0, 0.05) is 25.6 Å². The van der Waals surface area contributed by atoms with Crippen molar-refractivity contribution in [1.29, 1.82) is 0 Å². The van der Waals surface area contributed by atoms with Gasteiger partial charge in [-0.05, 0) is 26.4 Å². The highest BCUT2D eigenvalue weighted by molar-refractivity contribution is 4.88. The molecule has 0 saturated carbocycles. The van der Waals surface area contributed by atoms with Gasteiger partial charge in [0.15, 0.2) is 0 Å². The lowest BCUT2D eigenvalue weighted by Crippen LogP contribution is -2.32. The predicted octanol–water partition coefficient (Wildman–Crippen LogP) is 1.48. The SMILES string of the molecule is CCOC[C@H]1CN(CCCN)C[C@@H]1C(F)(F)F. The average Bonchev–Trinajstić information content (AvgIpc) is 2.66. The summed E-state index contributed by atoms with van der Waals surface area (Å²) in [5.41, 5.74) is 5.37. The van der Waals surface area contributed by atoms with E-state index in [9.17, 15) is 13.2 Å². The fourth-order valence-corrected chi connectivity index (χ4v) is 2.27. The van der Waals surface area contributed by atoms with E-state index in [4.69, 9.17) is 10.5 Å². The van der Waals surface area contributed by atoms with Crippen molar-refractivity contribution in [2.24, 2.45) is 17.6 Å². The van der Waals surface area contributed by atoms with Gasteiger partial charge in [0.25, 0.3) is 0 Å². The lowest BCUT2D eigenvalue weighted by molar-refractivity contribution is -0.184. The van der Waals surface area contributed by atoms with E-state index in [2.05, 4.69) is 0 Å². The highest BCUT2D eigenvalue weighted by Gasteiger charge is 2.49. The van der Waals surface area contributed by atoms with Gasteiger partial charge in [-0.25, -0.2) is 0 Å². The Kier molecular flexibility index (Phi) is 5.69. The molecule has 0 radical (unpaired) electrons. The van der Waals surface area contributed by atoms with Crippen LogP contribution < -0.4 is 5.73 Å². The Morgan fingerprint density at radius 3 is 2.59 bits per heavy atom. The summed E-state index contributed by atoms with van der Waals surface area (Å²) in [6.45, 7) is 4.16. The molecule has 2 atom stereocenters. The lowest BCUT2D eigenvalue weighted by atomic mass is 9.96. The van der Waals surface area contributed by atoms with Crippen LogP contribution in [0, 0.1) is 11.8 Å². The topological polar surface area (TPSA) is 38.5 Å². The number of ether oxygens (including phenoxy) is 1. The van der Waals surface area contributed by atoms with Crippen molar-refractivity contribution >= 4 is 0 Å². The van der Waals surface area contributed by atoms with Crippen molar-refractivity contribution < 1.29 is 17.9 Å². The molecule has 1 aliphatic heterocycles. The second-order valence-corrected chi connectivity index (χ2v) is 4.47. The van der Waals surface area contributed by atoms with Gasteiger partial charge in [-0.1, -0.05) is 0 Å². The monoisotopic (exact) mass is 254 g/mol. The normalized spacial score (nSPS) is 26.6. The highest BCUT2D eigenvalue weighted by atomic mass is 19.4. The Hall–Kier alpha value is -0.330. The maximum Gasteiger partial charge on any atom is 0.393 e. The van der Waals surface area contributed by atoms with E-state index in [-0.39, 0.29) is 13.2 Å². The summed E-state index contributed by atoms with van der Waals surface area (Å²) in [5, 5.41) is 0. The summed E-state index contributed by atoms with van der Waals surface area (Å²) in [7, 11) is 0. The van der Waals surface area contributed by atoms with E-state index >= 15 is 0 Å². The molecular weight excluding hydrogens is 233 g/mol. The maximum absolute atomic E-state index is 12.8. The molecule has 1 rings (SSSR count). The molecule has 1 fully saturated rings. The van der Waals surface area contributed by atoms with Crippen molar-refractivity contribution in [3.63, 3.8) is 0 Å². The maximum atomic E-state index is 12.8. The van der Waals surface area contributed by atoms with Crippen molar-refractivity contribution in [3.05, 3.63) is 0 Å². The first-order valence-electron chi connectivity index (χ1n) is 6.06. The molecule has 1 heterocycles. The molecule has 1 saturated heterocycles.